The Bertz CT molecular complexity index is 373. The third kappa shape index (κ3) is 4.14. The van der Waals surface area contributed by atoms with E-state index in [1.165, 1.54) is 0 Å². The summed E-state index contributed by atoms with van der Waals surface area (Å²) in [5.41, 5.74) is 0.652. The molecule has 0 unspecified atom stereocenters. The van der Waals surface area contributed by atoms with E-state index in [9.17, 15) is 4.79 Å². The molecule has 0 atom stereocenters. The quantitative estimate of drug-likeness (QED) is 0.527. The highest BCUT2D eigenvalue weighted by Gasteiger charge is 2.19. The Morgan fingerprint density at radius 1 is 1.28 bits per heavy atom. The van der Waals surface area contributed by atoms with Gasteiger partial charge >= 0.3 is 5.97 Å². The van der Waals surface area contributed by atoms with Gasteiger partial charge in [0.25, 0.3) is 0 Å². The van der Waals surface area contributed by atoms with Crippen molar-refractivity contribution >= 4 is 5.97 Å². The summed E-state index contributed by atoms with van der Waals surface area (Å²) in [7, 11) is 0. The molecule has 0 aliphatic heterocycles. The molecule has 0 aliphatic rings. The highest BCUT2D eigenvalue weighted by atomic mass is 16.5. The van der Waals surface area contributed by atoms with Crippen LogP contribution in [-0.2, 0) is 22.3 Å². The number of carbonyl (C=O) groups excluding carboxylic acids is 1. The van der Waals surface area contributed by atoms with Crippen LogP contribution in [0.4, 0.5) is 0 Å². The van der Waals surface area contributed by atoms with Crippen molar-refractivity contribution in [3.8, 4) is 0 Å². The second kappa shape index (κ2) is 7.87. The first-order valence-electron chi connectivity index (χ1n) is 6.46. The minimum atomic E-state index is -0.442. The summed E-state index contributed by atoms with van der Waals surface area (Å²) in [5, 5.41) is 0. The Labute approximate surface area is 107 Å². The van der Waals surface area contributed by atoms with E-state index < -0.39 is 5.97 Å². The summed E-state index contributed by atoms with van der Waals surface area (Å²) in [6.45, 7) is 7.36. The Kier molecular flexibility index (Phi) is 6.43. The minimum Gasteiger partial charge on any atom is -0.460 e. The van der Waals surface area contributed by atoms with E-state index >= 15 is 0 Å². The summed E-state index contributed by atoms with van der Waals surface area (Å²) >= 11 is 0. The predicted octanol–water partition coefficient (Wildman–Crippen LogP) is 2.38. The number of hydrogen-bond acceptors (Lipinski definition) is 5. The van der Waals surface area contributed by atoms with E-state index in [0.29, 0.717) is 37.6 Å². The summed E-state index contributed by atoms with van der Waals surface area (Å²) in [6, 6.07) is 0. The number of aromatic nitrogens is 1. The monoisotopic (exact) mass is 255 g/mol. The smallest absolute Gasteiger partial charge is 0.376 e. The van der Waals surface area contributed by atoms with Gasteiger partial charge in [-0.25, -0.2) is 9.78 Å². The van der Waals surface area contributed by atoms with E-state index in [1.807, 2.05) is 6.92 Å². The van der Waals surface area contributed by atoms with Crippen LogP contribution in [0.2, 0.25) is 0 Å². The van der Waals surface area contributed by atoms with Gasteiger partial charge in [-0.15, -0.1) is 0 Å². The molecule has 1 rings (SSSR count). The Balaban J connectivity index is 2.62. The van der Waals surface area contributed by atoms with Crippen molar-refractivity contribution in [3.63, 3.8) is 0 Å². The van der Waals surface area contributed by atoms with Crippen LogP contribution >= 0.6 is 0 Å². The average Bonchev–Trinajstić information content (AvgIpc) is 2.78. The lowest BCUT2D eigenvalue weighted by molar-refractivity contribution is 0.0485. The normalized spacial score (nSPS) is 10.6. The number of oxazole rings is 1. The van der Waals surface area contributed by atoms with Gasteiger partial charge in [0.2, 0.25) is 5.76 Å². The van der Waals surface area contributed by atoms with Crippen LogP contribution in [-0.4, -0.2) is 30.8 Å². The van der Waals surface area contributed by atoms with Crippen molar-refractivity contribution in [2.45, 2.75) is 40.0 Å². The Morgan fingerprint density at radius 2 is 2.06 bits per heavy atom. The van der Waals surface area contributed by atoms with Gasteiger partial charge in [0.1, 0.15) is 0 Å². The highest BCUT2D eigenvalue weighted by molar-refractivity contribution is 5.87. The molecule has 18 heavy (non-hydrogen) atoms. The van der Waals surface area contributed by atoms with Crippen molar-refractivity contribution in [1.29, 1.82) is 0 Å². The van der Waals surface area contributed by atoms with Crippen molar-refractivity contribution in [2.75, 3.05) is 19.8 Å². The summed E-state index contributed by atoms with van der Waals surface area (Å²) in [5.74, 6) is 0.318. The van der Waals surface area contributed by atoms with Crippen molar-refractivity contribution in [1.82, 2.24) is 4.98 Å². The second-order valence-corrected chi connectivity index (χ2v) is 3.82. The second-order valence-electron chi connectivity index (χ2n) is 3.82. The molecule has 0 N–H and O–H groups in total. The van der Waals surface area contributed by atoms with Gasteiger partial charge < -0.3 is 13.9 Å². The third-order valence-corrected chi connectivity index (χ3v) is 2.35. The van der Waals surface area contributed by atoms with Crippen LogP contribution < -0.4 is 0 Å². The van der Waals surface area contributed by atoms with E-state index in [4.69, 9.17) is 13.9 Å². The molecule has 0 fully saturated rings. The fourth-order valence-corrected chi connectivity index (χ4v) is 1.51. The maximum atomic E-state index is 11.6. The van der Waals surface area contributed by atoms with Crippen LogP contribution in [0, 0.1) is 0 Å². The van der Waals surface area contributed by atoms with Crippen molar-refractivity contribution < 1.29 is 18.7 Å². The zero-order valence-corrected chi connectivity index (χ0v) is 11.3. The summed E-state index contributed by atoms with van der Waals surface area (Å²) < 4.78 is 15.7. The molecule has 1 heterocycles. The number of esters is 1. The molecule has 0 saturated carbocycles. The number of aryl methyl sites for hydroxylation is 1. The van der Waals surface area contributed by atoms with Gasteiger partial charge in [-0.2, -0.15) is 0 Å². The fourth-order valence-electron chi connectivity index (χ4n) is 1.51. The van der Waals surface area contributed by atoms with Gasteiger partial charge in [0.15, 0.2) is 5.89 Å². The van der Waals surface area contributed by atoms with E-state index in [2.05, 4.69) is 11.9 Å². The number of rotatable bonds is 8. The molecule has 1 aromatic rings. The van der Waals surface area contributed by atoms with Crippen LogP contribution in [0.5, 0.6) is 0 Å². The zero-order valence-electron chi connectivity index (χ0n) is 11.3. The molecule has 102 valence electrons. The number of carbonyl (C=O) groups is 1. The lowest BCUT2D eigenvalue weighted by Gasteiger charge is -1.99. The molecular weight excluding hydrogens is 234 g/mol. The molecule has 0 bridgehead atoms. The summed E-state index contributed by atoms with van der Waals surface area (Å²) in [4.78, 5) is 15.9. The average molecular weight is 255 g/mol. The first-order chi connectivity index (χ1) is 8.72. The molecule has 0 amide bonds. The van der Waals surface area contributed by atoms with Crippen LogP contribution in [0.3, 0.4) is 0 Å². The van der Waals surface area contributed by atoms with Gasteiger partial charge in [-0.05, 0) is 19.8 Å². The minimum absolute atomic E-state index is 0.227. The first kappa shape index (κ1) is 14.7. The van der Waals surface area contributed by atoms with Crippen LogP contribution in [0.1, 0.15) is 49.3 Å². The van der Waals surface area contributed by atoms with E-state index in [0.717, 1.165) is 13.0 Å². The molecular formula is C13H21NO4. The number of hydrogen-bond donors (Lipinski definition) is 0. The molecule has 0 aliphatic carbocycles. The Hall–Kier alpha value is -1.36. The maximum Gasteiger partial charge on any atom is 0.376 e. The van der Waals surface area contributed by atoms with E-state index in [1.54, 1.807) is 6.92 Å². The van der Waals surface area contributed by atoms with Crippen LogP contribution in [0.25, 0.3) is 0 Å². The molecule has 5 nitrogen and oxygen atoms in total. The molecule has 0 saturated heterocycles. The third-order valence-electron chi connectivity index (χ3n) is 2.35. The van der Waals surface area contributed by atoms with Crippen LogP contribution in [0.15, 0.2) is 4.42 Å². The molecule has 0 aromatic carbocycles. The van der Waals surface area contributed by atoms with Crippen molar-refractivity contribution in [3.05, 3.63) is 17.3 Å². The highest BCUT2D eigenvalue weighted by Crippen LogP contribution is 2.14. The van der Waals surface area contributed by atoms with Gasteiger partial charge in [0, 0.05) is 13.0 Å². The topological polar surface area (TPSA) is 61.6 Å². The molecule has 0 spiro atoms. The standard InChI is InChI=1S/C13H21NO4/c1-4-8-16-9-7-11-14-10(5-2)12(18-11)13(15)17-6-3/h4-9H2,1-3H3. The van der Waals surface area contributed by atoms with Gasteiger partial charge in [-0.3, -0.25) is 0 Å². The molecule has 5 heteroatoms. The zero-order chi connectivity index (χ0) is 13.4. The predicted molar refractivity (Wildman–Crippen MR) is 66.7 cm³/mol. The van der Waals surface area contributed by atoms with Gasteiger partial charge in [0.05, 0.1) is 18.9 Å². The number of nitrogens with zero attached hydrogens (tertiary/aromatic N) is 1. The fraction of sp³-hybridized carbons (Fsp3) is 0.692. The largest absolute Gasteiger partial charge is 0.460 e. The molecule has 0 radical (unpaired) electrons. The van der Waals surface area contributed by atoms with Gasteiger partial charge in [-0.1, -0.05) is 13.8 Å². The Morgan fingerprint density at radius 3 is 2.67 bits per heavy atom. The lowest BCUT2D eigenvalue weighted by atomic mass is 10.3. The first-order valence-corrected chi connectivity index (χ1v) is 6.46. The SMILES string of the molecule is CCCOCCc1nc(CC)c(C(=O)OCC)o1. The van der Waals surface area contributed by atoms with Crippen molar-refractivity contribution in [2.24, 2.45) is 0 Å². The molecule has 1 aromatic heterocycles. The summed E-state index contributed by atoms with van der Waals surface area (Å²) in [6.07, 6.45) is 2.21. The lowest BCUT2D eigenvalue weighted by Crippen LogP contribution is -2.05. The van der Waals surface area contributed by atoms with E-state index in [-0.39, 0.29) is 5.76 Å². The number of ether oxygens (including phenoxy) is 2. The maximum absolute atomic E-state index is 11.6.